The predicted molar refractivity (Wildman–Crippen MR) is 130 cm³/mol. The van der Waals surface area contributed by atoms with E-state index in [0.717, 1.165) is 43.2 Å². The van der Waals surface area contributed by atoms with Crippen LogP contribution in [0.15, 0.2) is 65.0 Å². The molecular weight excluding hydrogens is 428 g/mol. The molecule has 1 aromatic heterocycles. The quantitative estimate of drug-likeness (QED) is 0.469. The number of hydrogen-bond acceptors (Lipinski definition) is 4. The maximum atomic E-state index is 12.9. The highest BCUT2D eigenvalue weighted by Crippen LogP contribution is 2.61. The summed E-state index contributed by atoms with van der Waals surface area (Å²) >= 11 is 0. The molecule has 0 bridgehead atoms. The first-order chi connectivity index (χ1) is 16.2. The minimum Gasteiger partial charge on any atom is -0.478 e. The van der Waals surface area contributed by atoms with Gasteiger partial charge in [-0.2, -0.15) is 0 Å². The SMILES string of the molecule is CC1(C)CCC[C@]2(C)[C@@H](CCc3ccoc3)C(C(=O)O)=CC(OC(=O)CCc3ccccc3)[C@@H]12. The topological polar surface area (TPSA) is 76.7 Å². The zero-order valence-electron chi connectivity index (χ0n) is 20.5. The Labute approximate surface area is 202 Å². The Morgan fingerprint density at radius 2 is 1.82 bits per heavy atom. The van der Waals surface area contributed by atoms with Crippen molar-refractivity contribution in [1.82, 2.24) is 0 Å². The number of hydrogen-bond donors (Lipinski definition) is 1. The van der Waals surface area contributed by atoms with E-state index in [9.17, 15) is 14.7 Å². The lowest BCUT2D eigenvalue weighted by atomic mass is 9.47. The van der Waals surface area contributed by atoms with E-state index in [1.165, 1.54) is 0 Å². The maximum absolute atomic E-state index is 12.9. The van der Waals surface area contributed by atoms with Gasteiger partial charge in [-0.3, -0.25) is 4.79 Å². The van der Waals surface area contributed by atoms with Crippen LogP contribution in [0.4, 0.5) is 0 Å². The Kier molecular flexibility index (Phi) is 7.01. The third kappa shape index (κ3) is 4.98. The summed E-state index contributed by atoms with van der Waals surface area (Å²) in [7, 11) is 0. The molecule has 2 aromatic rings. The first-order valence-corrected chi connectivity index (χ1v) is 12.4. The van der Waals surface area contributed by atoms with Crippen LogP contribution in [0.5, 0.6) is 0 Å². The van der Waals surface area contributed by atoms with Gasteiger partial charge in [0.1, 0.15) is 6.10 Å². The maximum Gasteiger partial charge on any atom is 0.331 e. The molecule has 2 aliphatic carbocycles. The number of benzene rings is 1. The number of carbonyl (C=O) groups is 2. The van der Waals surface area contributed by atoms with Crippen LogP contribution >= 0.6 is 0 Å². The second kappa shape index (κ2) is 9.81. The minimum absolute atomic E-state index is 0.0619. The van der Waals surface area contributed by atoms with Crippen LogP contribution in [0.3, 0.4) is 0 Å². The summed E-state index contributed by atoms with van der Waals surface area (Å²) in [5.74, 6) is -1.23. The highest BCUT2D eigenvalue weighted by atomic mass is 16.5. The molecule has 1 unspecified atom stereocenters. The van der Waals surface area contributed by atoms with Crippen molar-refractivity contribution in [3.63, 3.8) is 0 Å². The average molecular weight is 465 g/mol. The van der Waals surface area contributed by atoms with Crippen molar-refractivity contribution >= 4 is 11.9 Å². The van der Waals surface area contributed by atoms with Gasteiger partial charge in [-0.15, -0.1) is 0 Å². The van der Waals surface area contributed by atoms with Gasteiger partial charge in [-0.25, -0.2) is 4.79 Å². The monoisotopic (exact) mass is 464 g/mol. The molecule has 182 valence electrons. The van der Waals surface area contributed by atoms with Gasteiger partial charge in [0.25, 0.3) is 0 Å². The van der Waals surface area contributed by atoms with Gasteiger partial charge in [0.2, 0.25) is 0 Å². The average Bonchev–Trinajstić information content (AvgIpc) is 3.30. The molecule has 2 aliphatic rings. The molecule has 4 atom stereocenters. The number of carboxylic acid groups (broad SMARTS) is 1. The van der Waals surface area contributed by atoms with Gasteiger partial charge in [0, 0.05) is 17.9 Å². The Balaban J connectivity index is 1.60. The molecule has 5 heteroatoms. The third-order valence-corrected chi connectivity index (χ3v) is 8.21. The minimum atomic E-state index is -0.911. The first kappa shape index (κ1) is 24.3. The van der Waals surface area contributed by atoms with Gasteiger partial charge in [0.15, 0.2) is 0 Å². The van der Waals surface area contributed by atoms with Gasteiger partial charge in [-0.05, 0) is 72.1 Å². The van der Waals surface area contributed by atoms with Crippen molar-refractivity contribution in [3.8, 4) is 0 Å². The van der Waals surface area contributed by atoms with E-state index in [0.29, 0.717) is 12.0 Å². The van der Waals surface area contributed by atoms with Gasteiger partial charge in [-0.1, -0.05) is 57.5 Å². The van der Waals surface area contributed by atoms with Gasteiger partial charge < -0.3 is 14.3 Å². The van der Waals surface area contributed by atoms with E-state index < -0.39 is 12.1 Å². The number of carboxylic acids is 1. The van der Waals surface area contributed by atoms with Crippen molar-refractivity contribution < 1.29 is 23.8 Å². The van der Waals surface area contributed by atoms with E-state index in [4.69, 9.17) is 9.15 Å². The van der Waals surface area contributed by atoms with E-state index in [-0.39, 0.29) is 35.1 Å². The highest BCUT2D eigenvalue weighted by Gasteiger charge is 2.57. The Hall–Kier alpha value is -2.82. The summed E-state index contributed by atoms with van der Waals surface area (Å²) in [5.41, 5.74) is 2.23. The van der Waals surface area contributed by atoms with Crippen LogP contribution < -0.4 is 0 Å². The lowest BCUT2D eigenvalue weighted by molar-refractivity contribution is -0.165. The zero-order valence-corrected chi connectivity index (χ0v) is 20.5. The van der Waals surface area contributed by atoms with Crippen molar-refractivity contribution in [2.24, 2.45) is 22.7 Å². The molecule has 1 N–H and O–H groups in total. The molecule has 0 spiro atoms. The lowest BCUT2D eigenvalue weighted by Gasteiger charge is -2.58. The van der Waals surface area contributed by atoms with Crippen molar-refractivity contribution in [2.75, 3.05) is 0 Å². The van der Waals surface area contributed by atoms with Crippen LogP contribution in [-0.4, -0.2) is 23.1 Å². The summed E-state index contributed by atoms with van der Waals surface area (Å²) in [6.07, 6.45) is 10.0. The molecule has 1 heterocycles. The number of aryl methyl sites for hydroxylation is 2. The largest absolute Gasteiger partial charge is 0.478 e. The third-order valence-electron chi connectivity index (χ3n) is 8.21. The van der Waals surface area contributed by atoms with Crippen molar-refractivity contribution in [2.45, 2.75) is 71.8 Å². The molecule has 5 nitrogen and oxygen atoms in total. The fourth-order valence-corrected chi connectivity index (χ4v) is 6.74. The second-order valence-corrected chi connectivity index (χ2v) is 10.9. The van der Waals surface area contributed by atoms with Crippen molar-refractivity contribution in [1.29, 1.82) is 0 Å². The number of esters is 1. The normalized spacial score (nSPS) is 28.0. The zero-order chi connectivity index (χ0) is 24.3. The predicted octanol–water partition coefficient (Wildman–Crippen LogP) is 6.23. The number of ether oxygens (including phenoxy) is 1. The van der Waals surface area contributed by atoms with E-state index in [1.807, 2.05) is 36.4 Å². The molecule has 34 heavy (non-hydrogen) atoms. The van der Waals surface area contributed by atoms with Crippen LogP contribution in [-0.2, 0) is 27.2 Å². The summed E-state index contributed by atoms with van der Waals surface area (Å²) < 4.78 is 11.3. The standard InChI is InChI=1S/C29H36O5/c1-28(2)15-7-16-29(3)23(12-10-21-14-17-33-19-21)22(27(31)32)18-24(26(28)29)34-25(30)13-11-20-8-5-4-6-9-20/h4-6,8-9,14,17-19,23-24,26H,7,10-13,15-16H2,1-3H3,(H,31,32)/t23-,24?,26-,29+/m0/s1. The first-order valence-electron chi connectivity index (χ1n) is 12.4. The number of furan rings is 1. The molecule has 0 amide bonds. The summed E-state index contributed by atoms with van der Waals surface area (Å²) in [6, 6.07) is 11.8. The van der Waals surface area contributed by atoms with E-state index >= 15 is 0 Å². The number of carbonyl (C=O) groups excluding carboxylic acids is 1. The summed E-state index contributed by atoms with van der Waals surface area (Å²) in [5, 5.41) is 10.2. The smallest absolute Gasteiger partial charge is 0.331 e. The molecule has 1 aromatic carbocycles. The fraction of sp³-hybridized carbons (Fsp3) is 0.517. The highest BCUT2D eigenvalue weighted by molar-refractivity contribution is 5.88. The van der Waals surface area contributed by atoms with Crippen LogP contribution in [0.2, 0.25) is 0 Å². The fourth-order valence-electron chi connectivity index (χ4n) is 6.74. The molecule has 4 rings (SSSR count). The molecule has 1 fully saturated rings. The number of fused-ring (bicyclic) bond motifs is 1. The molecular formula is C29H36O5. The Bertz CT molecular complexity index is 1020. The van der Waals surface area contributed by atoms with E-state index in [2.05, 4.69) is 20.8 Å². The molecule has 0 radical (unpaired) electrons. The summed E-state index contributed by atoms with van der Waals surface area (Å²) in [6.45, 7) is 6.71. The van der Waals surface area contributed by atoms with Gasteiger partial charge in [0.05, 0.1) is 12.5 Å². The molecule has 0 aliphatic heterocycles. The van der Waals surface area contributed by atoms with Crippen LogP contribution in [0.1, 0.15) is 64.0 Å². The lowest BCUT2D eigenvalue weighted by Crippen LogP contribution is -2.56. The summed E-state index contributed by atoms with van der Waals surface area (Å²) in [4.78, 5) is 25.3. The molecule has 1 saturated carbocycles. The van der Waals surface area contributed by atoms with Crippen LogP contribution in [0, 0.1) is 22.7 Å². The number of rotatable bonds is 8. The van der Waals surface area contributed by atoms with Gasteiger partial charge >= 0.3 is 11.9 Å². The van der Waals surface area contributed by atoms with Crippen LogP contribution in [0.25, 0.3) is 0 Å². The van der Waals surface area contributed by atoms with E-state index in [1.54, 1.807) is 18.6 Å². The second-order valence-electron chi connectivity index (χ2n) is 10.9. The molecule has 0 saturated heterocycles. The Morgan fingerprint density at radius 1 is 1.06 bits per heavy atom. The number of aliphatic carboxylic acids is 1. The Morgan fingerprint density at radius 3 is 2.50 bits per heavy atom. The van der Waals surface area contributed by atoms with Crippen molar-refractivity contribution in [3.05, 3.63) is 71.7 Å².